The number of aromatic nitrogens is 3. The third-order valence-electron chi connectivity index (χ3n) is 4.18. The second-order valence-electron chi connectivity index (χ2n) is 6.01. The fourth-order valence-corrected chi connectivity index (χ4v) is 3.12. The zero-order valence-corrected chi connectivity index (χ0v) is 16.1. The van der Waals surface area contributed by atoms with Crippen LogP contribution in [0, 0.1) is 10.1 Å². The third kappa shape index (κ3) is 3.63. The van der Waals surface area contributed by atoms with E-state index in [2.05, 4.69) is 15.4 Å². The number of halogens is 2. The quantitative estimate of drug-likeness (QED) is 0.369. The average Bonchev–Trinajstić information content (AvgIpc) is 3.15. The second kappa shape index (κ2) is 7.50. The lowest BCUT2D eigenvalue weighted by atomic mass is 10.1. The van der Waals surface area contributed by atoms with Gasteiger partial charge in [0.25, 0.3) is 11.6 Å². The van der Waals surface area contributed by atoms with Gasteiger partial charge in [0.1, 0.15) is 5.56 Å². The molecule has 0 unspecified atom stereocenters. The summed E-state index contributed by atoms with van der Waals surface area (Å²) in [5, 5.41) is 18.7. The molecule has 29 heavy (non-hydrogen) atoms. The van der Waals surface area contributed by atoms with Gasteiger partial charge in [0.15, 0.2) is 5.65 Å². The molecule has 0 aliphatic rings. The molecular weight excluding hydrogens is 417 g/mol. The average molecular weight is 428 g/mol. The molecule has 2 heterocycles. The van der Waals surface area contributed by atoms with E-state index in [9.17, 15) is 14.9 Å². The number of hydrogen-bond donors (Lipinski definition) is 1. The van der Waals surface area contributed by atoms with E-state index in [0.29, 0.717) is 32.6 Å². The zero-order chi connectivity index (χ0) is 20.5. The summed E-state index contributed by atoms with van der Waals surface area (Å²) in [6.45, 7) is 0. The molecule has 0 saturated carbocycles. The molecule has 1 amide bonds. The number of hydrogen-bond acceptors (Lipinski definition) is 5. The Morgan fingerprint density at radius 3 is 2.69 bits per heavy atom. The van der Waals surface area contributed by atoms with Crippen LogP contribution in [0.5, 0.6) is 0 Å². The van der Waals surface area contributed by atoms with Crippen molar-refractivity contribution >= 4 is 46.1 Å². The third-order valence-corrected chi connectivity index (χ3v) is 4.92. The van der Waals surface area contributed by atoms with Crippen molar-refractivity contribution in [1.82, 2.24) is 14.6 Å². The highest BCUT2D eigenvalue weighted by Gasteiger charge is 2.17. The molecule has 0 fully saturated rings. The van der Waals surface area contributed by atoms with Crippen molar-refractivity contribution in [3.05, 3.63) is 86.6 Å². The Labute approximate surface area is 173 Å². The molecule has 2 aromatic heterocycles. The summed E-state index contributed by atoms with van der Waals surface area (Å²) in [5.74, 6) is -0.429. The van der Waals surface area contributed by atoms with Crippen LogP contribution in [0.25, 0.3) is 16.9 Å². The molecule has 8 nitrogen and oxygen atoms in total. The molecule has 144 valence electrons. The number of carbonyl (C=O) groups is 1. The van der Waals surface area contributed by atoms with Crippen LogP contribution in [0.4, 0.5) is 11.4 Å². The minimum absolute atomic E-state index is 0.0443. The summed E-state index contributed by atoms with van der Waals surface area (Å²) in [4.78, 5) is 27.5. The lowest BCUT2D eigenvalue weighted by Crippen LogP contribution is -2.12. The van der Waals surface area contributed by atoms with Gasteiger partial charge in [-0.25, -0.2) is 9.50 Å². The number of nitro groups is 1. The number of nitrogens with zero attached hydrogens (tertiary/aromatic N) is 4. The molecular formula is C19H11Cl2N5O3. The maximum Gasteiger partial charge on any atom is 0.270 e. The van der Waals surface area contributed by atoms with Crippen molar-refractivity contribution in [3.8, 4) is 11.3 Å². The normalized spacial score (nSPS) is 10.8. The first-order valence-electron chi connectivity index (χ1n) is 8.28. The monoisotopic (exact) mass is 427 g/mol. The molecule has 1 N–H and O–H groups in total. The van der Waals surface area contributed by atoms with Gasteiger partial charge < -0.3 is 5.32 Å². The van der Waals surface area contributed by atoms with E-state index in [-0.39, 0.29) is 11.3 Å². The summed E-state index contributed by atoms with van der Waals surface area (Å²) in [6.07, 6.45) is 2.90. The molecule has 0 radical (unpaired) electrons. The first-order chi connectivity index (χ1) is 13.9. The van der Waals surface area contributed by atoms with Crippen LogP contribution in [-0.2, 0) is 0 Å². The van der Waals surface area contributed by atoms with Crippen molar-refractivity contribution in [2.24, 2.45) is 0 Å². The number of non-ortho nitro benzene ring substituents is 1. The maximum atomic E-state index is 12.7. The molecule has 0 atom stereocenters. The summed E-state index contributed by atoms with van der Waals surface area (Å²) in [6, 6.07) is 12.6. The Hall–Kier alpha value is -3.49. The van der Waals surface area contributed by atoms with Gasteiger partial charge in [0.05, 0.1) is 26.9 Å². The number of nitrogens with one attached hydrogen (secondary N) is 1. The first kappa shape index (κ1) is 18.9. The van der Waals surface area contributed by atoms with Gasteiger partial charge in [-0.1, -0.05) is 35.3 Å². The highest BCUT2D eigenvalue weighted by Crippen LogP contribution is 2.27. The van der Waals surface area contributed by atoms with E-state index in [4.69, 9.17) is 23.2 Å². The molecule has 4 aromatic rings. The van der Waals surface area contributed by atoms with E-state index < -0.39 is 10.8 Å². The van der Waals surface area contributed by atoms with Gasteiger partial charge in [0, 0.05) is 29.6 Å². The first-order valence-corrected chi connectivity index (χ1v) is 9.03. The number of anilines is 1. The smallest absolute Gasteiger partial charge is 0.270 e. The Kier molecular flexibility index (Phi) is 4.87. The maximum absolute atomic E-state index is 12.7. The van der Waals surface area contributed by atoms with Crippen LogP contribution in [0.3, 0.4) is 0 Å². The minimum atomic E-state index is -0.471. The molecule has 0 aliphatic heterocycles. The zero-order valence-electron chi connectivity index (χ0n) is 14.5. The van der Waals surface area contributed by atoms with E-state index in [1.807, 2.05) is 0 Å². The van der Waals surface area contributed by atoms with Crippen molar-refractivity contribution in [3.63, 3.8) is 0 Å². The van der Waals surface area contributed by atoms with Gasteiger partial charge in [0.2, 0.25) is 0 Å². The Morgan fingerprint density at radius 1 is 1.10 bits per heavy atom. The van der Waals surface area contributed by atoms with E-state index in [1.165, 1.54) is 35.1 Å². The van der Waals surface area contributed by atoms with Gasteiger partial charge in [-0.15, -0.1) is 0 Å². The van der Waals surface area contributed by atoms with Crippen molar-refractivity contribution in [2.45, 2.75) is 0 Å². The molecule has 0 saturated heterocycles. The largest absolute Gasteiger partial charge is 0.322 e. The topological polar surface area (TPSA) is 102 Å². The minimum Gasteiger partial charge on any atom is -0.322 e. The Bertz CT molecular complexity index is 1270. The van der Waals surface area contributed by atoms with E-state index in [1.54, 1.807) is 30.3 Å². The number of benzene rings is 2. The van der Waals surface area contributed by atoms with Crippen LogP contribution in [0.1, 0.15) is 10.4 Å². The Morgan fingerprint density at radius 2 is 1.93 bits per heavy atom. The highest BCUT2D eigenvalue weighted by molar-refractivity contribution is 6.42. The second-order valence-corrected chi connectivity index (χ2v) is 6.83. The van der Waals surface area contributed by atoms with Crippen LogP contribution < -0.4 is 5.32 Å². The van der Waals surface area contributed by atoms with Crippen LogP contribution in [-0.4, -0.2) is 25.4 Å². The number of nitro benzene ring substituents is 1. The predicted octanol–water partition coefficient (Wildman–Crippen LogP) is 4.86. The van der Waals surface area contributed by atoms with Crippen molar-refractivity contribution in [2.75, 3.05) is 5.32 Å². The molecule has 10 heteroatoms. The standard InChI is InChI=1S/C19H11Cl2N5O3/c20-15-5-4-12(9-16(15)21)24-19(27)14-10-23-25-17(6-7-22-18(14)25)11-2-1-3-13(8-11)26(28)29/h1-10H,(H,24,27). The van der Waals surface area contributed by atoms with Crippen molar-refractivity contribution in [1.29, 1.82) is 0 Å². The predicted molar refractivity (Wildman–Crippen MR) is 109 cm³/mol. The fourth-order valence-electron chi connectivity index (χ4n) is 2.82. The molecule has 0 bridgehead atoms. The molecule has 0 spiro atoms. The summed E-state index contributed by atoms with van der Waals surface area (Å²) in [5.41, 5.74) is 2.11. The summed E-state index contributed by atoms with van der Waals surface area (Å²) < 4.78 is 1.46. The van der Waals surface area contributed by atoms with Crippen LogP contribution in [0.15, 0.2) is 60.9 Å². The number of fused-ring (bicyclic) bond motifs is 1. The van der Waals surface area contributed by atoms with Crippen LogP contribution >= 0.6 is 23.2 Å². The lowest BCUT2D eigenvalue weighted by molar-refractivity contribution is -0.384. The molecule has 4 rings (SSSR count). The number of amides is 1. The van der Waals surface area contributed by atoms with Gasteiger partial charge in [-0.05, 0) is 24.3 Å². The van der Waals surface area contributed by atoms with Gasteiger partial charge in [-0.3, -0.25) is 14.9 Å². The van der Waals surface area contributed by atoms with Crippen LogP contribution in [0.2, 0.25) is 10.0 Å². The van der Waals surface area contributed by atoms with Gasteiger partial charge in [-0.2, -0.15) is 5.10 Å². The highest BCUT2D eigenvalue weighted by atomic mass is 35.5. The summed E-state index contributed by atoms with van der Waals surface area (Å²) in [7, 11) is 0. The number of rotatable bonds is 4. The molecule has 0 aliphatic carbocycles. The lowest BCUT2D eigenvalue weighted by Gasteiger charge is -2.07. The van der Waals surface area contributed by atoms with E-state index >= 15 is 0 Å². The van der Waals surface area contributed by atoms with Crippen molar-refractivity contribution < 1.29 is 9.72 Å². The molecule has 2 aromatic carbocycles. The van der Waals surface area contributed by atoms with E-state index in [0.717, 1.165) is 0 Å². The Balaban J connectivity index is 1.72. The fraction of sp³-hybridized carbons (Fsp3) is 0. The SMILES string of the molecule is O=C(Nc1ccc(Cl)c(Cl)c1)c1cnn2c(-c3cccc([N+](=O)[O-])c3)ccnc12. The number of carbonyl (C=O) groups excluding carboxylic acids is 1. The van der Waals surface area contributed by atoms with Gasteiger partial charge >= 0.3 is 0 Å². The summed E-state index contributed by atoms with van der Waals surface area (Å²) >= 11 is 11.9.